The molecule has 1 unspecified atom stereocenters. The van der Waals surface area contributed by atoms with Gasteiger partial charge in [0.1, 0.15) is 0 Å². The van der Waals surface area contributed by atoms with Gasteiger partial charge in [0.25, 0.3) is 5.91 Å². The highest BCUT2D eigenvalue weighted by molar-refractivity contribution is 5.99. The Labute approximate surface area is 135 Å². The zero-order valence-electron chi connectivity index (χ0n) is 13.0. The number of nitrogens with zero attached hydrogens (tertiary/aromatic N) is 2. The van der Waals surface area contributed by atoms with Gasteiger partial charge in [-0.2, -0.15) is 0 Å². The standard InChI is InChI=1S/C18H19N3O2/c1-12(15-6-3-9-20-11-15)21(16-7-8-16)18(23)14-5-2-4-13(10-14)17(19)22/h2-6,9-12,16H,7-8H2,1H3,(H2,19,22). The van der Waals surface area contributed by atoms with E-state index in [-0.39, 0.29) is 18.0 Å². The molecule has 0 radical (unpaired) electrons. The molecule has 3 rings (SSSR count). The van der Waals surface area contributed by atoms with Gasteiger partial charge in [0.15, 0.2) is 0 Å². The van der Waals surface area contributed by atoms with Crippen LogP contribution < -0.4 is 5.73 Å². The molecule has 5 nitrogen and oxygen atoms in total. The van der Waals surface area contributed by atoms with Crippen LogP contribution in [-0.2, 0) is 0 Å². The molecule has 2 amide bonds. The fourth-order valence-electron chi connectivity index (χ4n) is 2.75. The number of hydrogen-bond acceptors (Lipinski definition) is 3. The molecule has 5 heteroatoms. The topological polar surface area (TPSA) is 76.3 Å². The number of carbonyl (C=O) groups excluding carboxylic acids is 2. The minimum absolute atomic E-state index is 0.0686. The molecule has 0 bridgehead atoms. The molecular weight excluding hydrogens is 290 g/mol. The number of primary amides is 1. The van der Waals surface area contributed by atoms with Crippen molar-refractivity contribution >= 4 is 11.8 Å². The van der Waals surface area contributed by atoms with Crippen LogP contribution in [0, 0.1) is 0 Å². The monoisotopic (exact) mass is 309 g/mol. The van der Waals surface area contributed by atoms with E-state index in [1.165, 1.54) is 0 Å². The Hall–Kier alpha value is -2.69. The number of carbonyl (C=O) groups is 2. The quantitative estimate of drug-likeness (QED) is 0.922. The molecule has 1 aliphatic rings. The fraction of sp³-hybridized carbons (Fsp3) is 0.278. The molecule has 118 valence electrons. The summed E-state index contributed by atoms with van der Waals surface area (Å²) in [4.78, 5) is 30.3. The van der Waals surface area contributed by atoms with Crippen LogP contribution in [0.2, 0.25) is 0 Å². The third-order valence-corrected chi connectivity index (χ3v) is 4.15. The lowest BCUT2D eigenvalue weighted by molar-refractivity contribution is 0.0673. The second-order valence-electron chi connectivity index (χ2n) is 5.85. The van der Waals surface area contributed by atoms with Crippen LogP contribution in [0.15, 0.2) is 48.8 Å². The van der Waals surface area contributed by atoms with E-state index in [0.29, 0.717) is 11.1 Å². The van der Waals surface area contributed by atoms with Gasteiger partial charge in [0.05, 0.1) is 6.04 Å². The molecule has 2 aromatic rings. The Bertz CT molecular complexity index is 726. The minimum atomic E-state index is -0.530. The summed E-state index contributed by atoms with van der Waals surface area (Å²) in [5, 5.41) is 0. The van der Waals surface area contributed by atoms with E-state index in [1.54, 1.807) is 36.7 Å². The van der Waals surface area contributed by atoms with Gasteiger partial charge >= 0.3 is 0 Å². The largest absolute Gasteiger partial charge is 0.366 e. The van der Waals surface area contributed by atoms with Crippen molar-refractivity contribution in [3.05, 3.63) is 65.5 Å². The van der Waals surface area contributed by atoms with Crippen molar-refractivity contribution in [3.63, 3.8) is 0 Å². The maximum Gasteiger partial charge on any atom is 0.254 e. The Balaban J connectivity index is 1.91. The number of rotatable bonds is 5. The molecule has 0 saturated heterocycles. The van der Waals surface area contributed by atoms with Crippen molar-refractivity contribution in [1.82, 2.24) is 9.88 Å². The van der Waals surface area contributed by atoms with E-state index >= 15 is 0 Å². The van der Waals surface area contributed by atoms with Gasteiger partial charge in [-0.1, -0.05) is 12.1 Å². The number of aromatic nitrogens is 1. The summed E-state index contributed by atoms with van der Waals surface area (Å²) in [6.07, 6.45) is 5.51. The maximum atomic E-state index is 13.0. The van der Waals surface area contributed by atoms with Gasteiger partial charge in [-0.05, 0) is 49.6 Å². The second kappa shape index (κ2) is 6.20. The maximum absolute atomic E-state index is 13.0. The molecule has 1 aromatic heterocycles. The highest BCUT2D eigenvalue weighted by atomic mass is 16.2. The predicted octanol–water partition coefficient (Wildman–Crippen LogP) is 2.55. The van der Waals surface area contributed by atoms with Gasteiger partial charge in [0, 0.05) is 29.6 Å². The summed E-state index contributed by atoms with van der Waals surface area (Å²) in [6, 6.07) is 10.6. The predicted molar refractivity (Wildman–Crippen MR) is 86.8 cm³/mol. The van der Waals surface area contributed by atoms with Gasteiger partial charge in [-0.15, -0.1) is 0 Å². The number of amides is 2. The number of hydrogen-bond donors (Lipinski definition) is 1. The van der Waals surface area contributed by atoms with Crippen LogP contribution in [0.5, 0.6) is 0 Å². The normalized spacial score (nSPS) is 15.0. The first-order chi connectivity index (χ1) is 11.1. The highest BCUT2D eigenvalue weighted by Gasteiger charge is 2.36. The molecule has 1 atom stereocenters. The number of nitrogens with two attached hydrogens (primary N) is 1. The van der Waals surface area contributed by atoms with Crippen LogP contribution in [0.4, 0.5) is 0 Å². The number of benzene rings is 1. The molecule has 1 heterocycles. The molecule has 1 saturated carbocycles. The average molecular weight is 309 g/mol. The Kier molecular flexibility index (Phi) is 4.10. The second-order valence-corrected chi connectivity index (χ2v) is 5.85. The zero-order valence-corrected chi connectivity index (χ0v) is 13.0. The molecular formula is C18H19N3O2. The summed E-state index contributed by atoms with van der Waals surface area (Å²) in [5.74, 6) is -0.607. The van der Waals surface area contributed by atoms with Gasteiger partial charge in [0.2, 0.25) is 5.91 Å². The summed E-state index contributed by atoms with van der Waals surface area (Å²) >= 11 is 0. The van der Waals surface area contributed by atoms with Crippen molar-refractivity contribution < 1.29 is 9.59 Å². The van der Waals surface area contributed by atoms with E-state index in [2.05, 4.69) is 4.98 Å². The molecule has 0 spiro atoms. The first-order valence-corrected chi connectivity index (χ1v) is 7.70. The van der Waals surface area contributed by atoms with E-state index < -0.39 is 5.91 Å². The molecule has 1 aliphatic carbocycles. The van der Waals surface area contributed by atoms with Crippen LogP contribution in [0.25, 0.3) is 0 Å². The summed E-state index contributed by atoms with van der Waals surface area (Å²) in [5.41, 5.74) is 7.15. The average Bonchev–Trinajstić information content (AvgIpc) is 3.40. The lowest BCUT2D eigenvalue weighted by Crippen LogP contribution is -2.35. The Morgan fingerprint density at radius 1 is 1.22 bits per heavy atom. The third kappa shape index (κ3) is 3.23. The minimum Gasteiger partial charge on any atom is -0.366 e. The summed E-state index contributed by atoms with van der Waals surface area (Å²) in [7, 11) is 0. The molecule has 1 fully saturated rings. The summed E-state index contributed by atoms with van der Waals surface area (Å²) in [6.45, 7) is 2.01. The van der Waals surface area contributed by atoms with E-state index in [9.17, 15) is 9.59 Å². The molecule has 1 aromatic carbocycles. The first kappa shape index (κ1) is 15.2. The summed E-state index contributed by atoms with van der Waals surface area (Å²) < 4.78 is 0. The lowest BCUT2D eigenvalue weighted by atomic mass is 10.1. The SMILES string of the molecule is CC(c1cccnc1)N(C(=O)c1cccc(C(N)=O)c1)C1CC1. The van der Waals surface area contributed by atoms with Crippen LogP contribution in [0.3, 0.4) is 0 Å². The van der Waals surface area contributed by atoms with Gasteiger partial charge in [-0.3, -0.25) is 14.6 Å². The Morgan fingerprint density at radius 2 is 1.96 bits per heavy atom. The van der Waals surface area contributed by atoms with Crippen molar-refractivity contribution in [2.24, 2.45) is 5.73 Å². The van der Waals surface area contributed by atoms with E-state index in [4.69, 9.17) is 5.73 Å². The number of pyridine rings is 1. The highest BCUT2D eigenvalue weighted by Crippen LogP contribution is 2.35. The first-order valence-electron chi connectivity index (χ1n) is 7.70. The third-order valence-electron chi connectivity index (χ3n) is 4.15. The van der Waals surface area contributed by atoms with Gasteiger partial charge < -0.3 is 10.6 Å². The van der Waals surface area contributed by atoms with Crippen molar-refractivity contribution in [1.29, 1.82) is 0 Å². The Morgan fingerprint density at radius 3 is 2.57 bits per heavy atom. The van der Waals surface area contributed by atoms with Crippen LogP contribution in [0.1, 0.15) is 52.1 Å². The molecule has 23 heavy (non-hydrogen) atoms. The molecule has 2 N–H and O–H groups in total. The van der Waals surface area contributed by atoms with Crippen LogP contribution >= 0.6 is 0 Å². The van der Waals surface area contributed by atoms with E-state index in [1.807, 2.05) is 24.0 Å². The lowest BCUT2D eigenvalue weighted by Gasteiger charge is -2.29. The van der Waals surface area contributed by atoms with Gasteiger partial charge in [-0.25, -0.2) is 0 Å². The smallest absolute Gasteiger partial charge is 0.254 e. The fourth-order valence-corrected chi connectivity index (χ4v) is 2.75. The van der Waals surface area contributed by atoms with Crippen molar-refractivity contribution in [2.45, 2.75) is 31.8 Å². The van der Waals surface area contributed by atoms with E-state index in [0.717, 1.165) is 18.4 Å². The van der Waals surface area contributed by atoms with Crippen LogP contribution in [-0.4, -0.2) is 27.7 Å². The van der Waals surface area contributed by atoms with Crippen molar-refractivity contribution in [2.75, 3.05) is 0 Å². The van der Waals surface area contributed by atoms with Crippen molar-refractivity contribution in [3.8, 4) is 0 Å². The molecule has 0 aliphatic heterocycles. The zero-order chi connectivity index (χ0) is 16.4.